The molecule has 0 saturated carbocycles. The van der Waals surface area contributed by atoms with E-state index >= 15 is 0 Å². The summed E-state index contributed by atoms with van der Waals surface area (Å²) in [4.78, 5) is 17.2. The highest BCUT2D eigenvalue weighted by Crippen LogP contribution is 2.33. The standard InChI is InChI=1S/C24H25FN4O2S/c1-3-5-19(6-4-2)28-29-21(15-32-24(29)26-18-10-8-17(25)9-11-18)16-7-12-22-20(13-16)27-23(30)14-31-22/h7-13,15H,3-6,14H2,1-2H3,(H,27,30). The maximum atomic E-state index is 13.3. The van der Waals surface area contributed by atoms with Crippen LogP contribution in [-0.2, 0) is 4.79 Å². The molecule has 0 atom stereocenters. The number of amides is 1. The van der Waals surface area contributed by atoms with Crippen molar-refractivity contribution < 1.29 is 13.9 Å². The Labute approximate surface area is 190 Å². The lowest BCUT2D eigenvalue weighted by atomic mass is 10.1. The topological polar surface area (TPSA) is 68.0 Å². The third-order valence-electron chi connectivity index (χ3n) is 4.96. The first kappa shape index (κ1) is 22.0. The summed E-state index contributed by atoms with van der Waals surface area (Å²) in [7, 11) is 0. The van der Waals surface area contributed by atoms with Gasteiger partial charge in [0.2, 0.25) is 4.80 Å². The number of carbonyl (C=O) groups is 1. The van der Waals surface area contributed by atoms with Gasteiger partial charge in [0.05, 0.1) is 17.1 Å². The van der Waals surface area contributed by atoms with Crippen molar-refractivity contribution in [2.45, 2.75) is 39.5 Å². The van der Waals surface area contributed by atoms with Gasteiger partial charge in [-0.2, -0.15) is 5.10 Å². The number of ether oxygens (including phenoxy) is 1. The Bertz CT molecular complexity index is 1200. The monoisotopic (exact) mass is 452 g/mol. The summed E-state index contributed by atoms with van der Waals surface area (Å²) < 4.78 is 20.7. The quantitative estimate of drug-likeness (QED) is 0.466. The smallest absolute Gasteiger partial charge is 0.262 e. The predicted molar refractivity (Wildman–Crippen MR) is 126 cm³/mol. The van der Waals surface area contributed by atoms with E-state index in [0.717, 1.165) is 42.7 Å². The normalized spacial score (nSPS) is 13.3. The van der Waals surface area contributed by atoms with Gasteiger partial charge in [0.15, 0.2) is 6.61 Å². The Morgan fingerprint density at radius 3 is 2.62 bits per heavy atom. The molecule has 0 unspecified atom stereocenters. The molecule has 3 aromatic rings. The number of fused-ring (bicyclic) bond motifs is 1. The van der Waals surface area contributed by atoms with Crippen LogP contribution in [0.4, 0.5) is 15.8 Å². The van der Waals surface area contributed by atoms with Crippen LogP contribution in [0.2, 0.25) is 0 Å². The third-order valence-corrected chi connectivity index (χ3v) is 5.78. The third kappa shape index (κ3) is 4.96. The molecular formula is C24H25FN4O2S. The zero-order chi connectivity index (χ0) is 22.5. The van der Waals surface area contributed by atoms with Crippen LogP contribution in [0.5, 0.6) is 5.75 Å². The minimum atomic E-state index is -0.298. The number of hydrogen-bond donors (Lipinski definition) is 1. The number of nitrogens with one attached hydrogen (secondary N) is 1. The van der Waals surface area contributed by atoms with E-state index in [2.05, 4.69) is 19.2 Å². The van der Waals surface area contributed by atoms with Gasteiger partial charge in [0, 0.05) is 16.7 Å². The lowest BCUT2D eigenvalue weighted by Gasteiger charge is -2.18. The molecule has 1 aliphatic rings. The number of anilines is 1. The van der Waals surface area contributed by atoms with Gasteiger partial charge in [0.25, 0.3) is 5.91 Å². The molecule has 1 N–H and O–H groups in total. The molecular weight excluding hydrogens is 427 g/mol. The van der Waals surface area contributed by atoms with Crippen molar-refractivity contribution in [3.05, 3.63) is 58.5 Å². The SMILES string of the molecule is CCCC(CCC)=Nn1c(-c2ccc3c(c2)NC(=O)CO3)csc1=Nc1ccc(F)cc1. The van der Waals surface area contributed by atoms with Crippen LogP contribution >= 0.6 is 11.3 Å². The number of carbonyl (C=O) groups excluding carboxylic acids is 1. The number of aromatic nitrogens is 1. The summed E-state index contributed by atoms with van der Waals surface area (Å²) >= 11 is 1.46. The van der Waals surface area contributed by atoms with Crippen molar-refractivity contribution in [2.24, 2.45) is 10.1 Å². The van der Waals surface area contributed by atoms with Crippen molar-refractivity contribution in [1.82, 2.24) is 4.68 Å². The molecule has 0 bridgehead atoms. The van der Waals surface area contributed by atoms with Crippen molar-refractivity contribution in [3.8, 4) is 17.0 Å². The van der Waals surface area contributed by atoms with Crippen LogP contribution < -0.4 is 14.9 Å². The molecule has 166 valence electrons. The van der Waals surface area contributed by atoms with Gasteiger partial charge in [-0.1, -0.05) is 26.7 Å². The van der Waals surface area contributed by atoms with Crippen LogP contribution in [0.3, 0.4) is 0 Å². The Kier molecular flexibility index (Phi) is 6.80. The maximum absolute atomic E-state index is 13.3. The van der Waals surface area contributed by atoms with Gasteiger partial charge >= 0.3 is 0 Å². The number of nitrogens with zero attached hydrogens (tertiary/aromatic N) is 3. The average molecular weight is 453 g/mol. The Morgan fingerprint density at radius 2 is 1.91 bits per heavy atom. The highest BCUT2D eigenvalue weighted by molar-refractivity contribution is 7.07. The van der Waals surface area contributed by atoms with E-state index in [1.54, 1.807) is 12.1 Å². The summed E-state index contributed by atoms with van der Waals surface area (Å²) in [6.07, 6.45) is 3.82. The molecule has 6 nitrogen and oxygen atoms in total. The first-order valence-electron chi connectivity index (χ1n) is 10.7. The number of halogens is 1. The first-order valence-corrected chi connectivity index (χ1v) is 11.6. The van der Waals surface area contributed by atoms with Gasteiger partial charge < -0.3 is 10.1 Å². The van der Waals surface area contributed by atoms with E-state index in [4.69, 9.17) is 14.8 Å². The summed E-state index contributed by atoms with van der Waals surface area (Å²) in [6, 6.07) is 11.8. The molecule has 1 aromatic heterocycles. The summed E-state index contributed by atoms with van der Waals surface area (Å²) in [6.45, 7) is 4.30. The molecule has 1 amide bonds. The van der Waals surface area contributed by atoms with Crippen molar-refractivity contribution in [3.63, 3.8) is 0 Å². The number of rotatable bonds is 7. The molecule has 0 saturated heterocycles. The van der Waals surface area contributed by atoms with E-state index in [9.17, 15) is 9.18 Å². The minimum Gasteiger partial charge on any atom is -0.482 e. The second-order valence-electron chi connectivity index (χ2n) is 7.52. The molecule has 0 aliphatic carbocycles. The van der Waals surface area contributed by atoms with Gasteiger partial charge in [-0.3, -0.25) is 4.79 Å². The molecule has 0 fully saturated rings. The fraction of sp³-hybridized carbons (Fsp3) is 0.292. The maximum Gasteiger partial charge on any atom is 0.262 e. The van der Waals surface area contributed by atoms with Crippen LogP contribution in [0.15, 0.2) is 57.9 Å². The number of hydrogen-bond acceptors (Lipinski definition) is 5. The second kappa shape index (κ2) is 9.91. The van der Waals surface area contributed by atoms with Gasteiger partial charge in [-0.05, 0) is 55.3 Å². The Balaban J connectivity index is 1.85. The summed E-state index contributed by atoms with van der Waals surface area (Å²) in [5.74, 6) is 0.173. The van der Waals surface area contributed by atoms with Crippen molar-refractivity contribution >= 4 is 34.3 Å². The van der Waals surface area contributed by atoms with Crippen LogP contribution in [-0.4, -0.2) is 22.9 Å². The summed E-state index contributed by atoms with van der Waals surface area (Å²) in [5, 5.41) is 9.83. The van der Waals surface area contributed by atoms with E-state index in [1.807, 2.05) is 28.3 Å². The van der Waals surface area contributed by atoms with E-state index in [1.165, 1.54) is 23.5 Å². The molecule has 32 heavy (non-hydrogen) atoms. The lowest BCUT2D eigenvalue weighted by Crippen LogP contribution is -2.25. The Hall–Kier alpha value is -3.26. The second-order valence-corrected chi connectivity index (χ2v) is 8.35. The van der Waals surface area contributed by atoms with Crippen molar-refractivity contribution in [1.29, 1.82) is 0 Å². The van der Waals surface area contributed by atoms with E-state index in [0.29, 0.717) is 21.9 Å². The van der Waals surface area contributed by atoms with E-state index < -0.39 is 0 Å². The van der Waals surface area contributed by atoms with Crippen LogP contribution in [0, 0.1) is 5.82 Å². The van der Waals surface area contributed by atoms with E-state index in [-0.39, 0.29) is 18.3 Å². The van der Waals surface area contributed by atoms with Crippen molar-refractivity contribution in [2.75, 3.05) is 11.9 Å². The fourth-order valence-corrected chi connectivity index (χ4v) is 4.33. The zero-order valence-electron chi connectivity index (χ0n) is 18.1. The fourth-order valence-electron chi connectivity index (χ4n) is 3.48. The lowest BCUT2D eigenvalue weighted by molar-refractivity contribution is -0.118. The Morgan fingerprint density at radius 1 is 1.16 bits per heavy atom. The number of thiazole rings is 1. The molecule has 0 radical (unpaired) electrons. The molecule has 2 aromatic carbocycles. The predicted octanol–water partition coefficient (Wildman–Crippen LogP) is 5.72. The molecule has 2 heterocycles. The zero-order valence-corrected chi connectivity index (χ0v) is 18.9. The van der Waals surface area contributed by atoms with Gasteiger partial charge in [0.1, 0.15) is 11.6 Å². The average Bonchev–Trinajstić information content (AvgIpc) is 3.17. The molecule has 1 aliphatic heterocycles. The minimum absolute atomic E-state index is 0.0210. The number of benzene rings is 2. The van der Waals surface area contributed by atoms with Gasteiger partial charge in [-0.15, -0.1) is 11.3 Å². The largest absolute Gasteiger partial charge is 0.482 e. The summed E-state index contributed by atoms with van der Waals surface area (Å²) in [5.41, 5.74) is 4.15. The van der Waals surface area contributed by atoms with Crippen LogP contribution in [0.1, 0.15) is 39.5 Å². The molecule has 4 rings (SSSR count). The molecule has 0 spiro atoms. The highest BCUT2D eigenvalue weighted by Gasteiger charge is 2.18. The highest BCUT2D eigenvalue weighted by atomic mass is 32.1. The first-order chi connectivity index (χ1) is 15.6. The van der Waals surface area contributed by atoms with Gasteiger partial charge in [-0.25, -0.2) is 14.1 Å². The molecule has 8 heteroatoms. The van der Waals surface area contributed by atoms with Crippen LogP contribution in [0.25, 0.3) is 11.3 Å².